The number of nitrogens with one attached hydrogen (secondary N) is 1. The number of carbonyl (C=O) groups is 1. The van der Waals surface area contributed by atoms with Crippen LogP contribution >= 0.6 is 11.8 Å². The highest BCUT2D eigenvalue weighted by atomic mass is 32.2. The van der Waals surface area contributed by atoms with E-state index in [1.165, 1.54) is 17.3 Å². The summed E-state index contributed by atoms with van der Waals surface area (Å²) >= 11 is 1.33. The number of hydrogen-bond donors (Lipinski definition) is 1. The lowest BCUT2D eigenvalue weighted by molar-refractivity contribution is -0.115. The van der Waals surface area contributed by atoms with Gasteiger partial charge in [0.05, 0.1) is 10.9 Å². The quantitative estimate of drug-likeness (QED) is 0.434. The van der Waals surface area contributed by atoms with Gasteiger partial charge in [-0.15, -0.1) is 5.10 Å². The standard InChI is InChI=1S/C24H23N5OS/c1-16-13-14-22(17(2)15-16)29-24(26-27-28-29)31-18(3)23(30)25-21-12-8-7-11-20(21)19-9-5-4-6-10-19/h4-15,18H,1-3H3,(H,25,30)/t18-/m0/s1. The van der Waals surface area contributed by atoms with Crippen LogP contribution in [-0.4, -0.2) is 31.4 Å². The third-order valence-corrected chi connectivity index (χ3v) is 5.98. The van der Waals surface area contributed by atoms with Gasteiger partial charge in [0.15, 0.2) is 0 Å². The molecule has 0 aliphatic carbocycles. The summed E-state index contributed by atoms with van der Waals surface area (Å²) in [7, 11) is 0. The van der Waals surface area contributed by atoms with Crippen molar-refractivity contribution in [2.75, 3.05) is 5.32 Å². The Morgan fingerprint density at radius 1 is 1.00 bits per heavy atom. The average Bonchev–Trinajstić information content (AvgIpc) is 3.22. The van der Waals surface area contributed by atoms with E-state index in [0.29, 0.717) is 5.16 Å². The van der Waals surface area contributed by atoms with E-state index in [0.717, 1.165) is 28.1 Å². The van der Waals surface area contributed by atoms with Crippen molar-refractivity contribution < 1.29 is 4.79 Å². The summed E-state index contributed by atoms with van der Waals surface area (Å²) in [6.45, 7) is 5.92. The molecule has 1 heterocycles. The molecule has 0 saturated carbocycles. The molecule has 156 valence electrons. The molecule has 4 rings (SSSR count). The van der Waals surface area contributed by atoms with Crippen molar-refractivity contribution in [2.45, 2.75) is 31.2 Å². The maximum atomic E-state index is 13.0. The van der Waals surface area contributed by atoms with Crippen LogP contribution in [0.25, 0.3) is 16.8 Å². The molecule has 3 aromatic carbocycles. The number of aromatic nitrogens is 4. The number of carbonyl (C=O) groups excluding carboxylic acids is 1. The molecule has 6 nitrogen and oxygen atoms in total. The number of anilines is 1. The van der Waals surface area contributed by atoms with Gasteiger partial charge in [-0.25, -0.2) is 0 Å². The minimum absolute atomic E-state index is 0.108. The van der Waals surface area contributed by atoms with E-state index in [1.807, 2.05) is 87.5 Å². The number of amides is 1. The lowest BCUT2D eigenvalue weighted by Crippen LogP contribution is -2.23. The number of thioether (sulfide) groups is 1. The highest BCUT2D eigenvalue weighted by Gasteiger charge is 2.21. The molecule has 0 bridgehead atoms. The zero-order chi connectivity index (χ0) is 21.8. The Morgan fingerprint density at radius 2 is 1.74 bits per heavy atom. The zero-order valence-electron chi connectivity index (χ0n) is 17.6. The largest absolute Gasteiger partial charge is 0.325 e. The van der Waals surface area contributed by atoms with Gasteiger partial charge in [-0.1, -0.05) is 78.0 Å². The number of para-hydroxylation sites is 1. The molecule has 0 spiro atoms. The SMILES string of the molecule is Cc1ccc(-n2nnnc2S[C@@H](C)C(=O)Nc2ccccc2-c2ccccc2)c(C)c1. The molecule has 1 atom stereocenters. The van der Waals surface area contributed by atoms with Gasteiger partial charge in [-0.05, 0) is 54.5 Å². The summed E-state index contributed by atoms with van der Waals surface area (Å²) in [6, 6.07) is 23.9. The van der Waals surface area contributed by atoms with Crippen LogP contribution in [0.3, 0.4) is 0 Å². The highest BCUT2D eigenvalue weighted by Crippen LogP contribution is 2.29. The van der Waals surface area contributed by atoms with Gasteiger partial charge in [0.1, 0.15) is 0 Å². The maximum Gasteiger partial charge on any atom is 0.237 e. The predicted molar refractivity (Wildman–Crippen MR) is 124 cm³/mol. The van der Waals surface area contributed by atoms with E-state index in [-0.39, 0.29) is 11.2 Å². The normalized spacial score (nSPS) is 11.8. The summed E-state index contributed by atoms with van der Waals surface area (Å²) in [4.78, 5) is 13.0. The average molecular weight is 430 g/mol. The molecule has 4 aromatic rings. The first-order valence-electron chi connectivity index (χ1n) is 10.0. The molecular formula is C24H23N5OS. The van der Waals surface area contributed by atoms with Crippen molar-refractivity contribution in [3.8, 4) is 16.8 Å². The van der Waals surface area contributed by atoms with Crippen LogP contribution in [0.15, 0.2) is 78.0 Å². The summed E-state index contributed by atoms with van der Waals surface area (Å²) in [5, 5.41) is 15.3. The second kappa shape index (κ2) is 9.14. The summed E-state index contributed by atoms with van der Waals surface area (Å²) in [6.07, 6.45) is 0. The van der Waals surface area contributed by atoms with Crippen LogP contribution in [-0.2, 0) is 4.79 Å². The Balaban J connectivity index is 1.52. The second-order valence-electron chi connectivity index (χ2n) is 7.32. The molecule has 0 aliphatic rings. The van der Waals surface area contributed by atoms with Crippen molar-refractivity contribution in [1.82, 2.24) is 20.2 Å². The van der Waals surface area contributed by atoms with E-state index in [4.69, 9.17) is 0 Å². The van der Waals surface area contributed by atoms with E-state index in [9.17, 15) is 4.79 Å². The van der Waals surface area contributed by atoms with Crippen LogP contribution in [0.2, 0.25) is 0 Å². The van der Waals surface area contributed by atoms with Gasteiger partial charge < -0.3 is 5.32 Å². The number of hydrogen-bond acceptors (Lipinski definition) is 5. The molecule has 1 amide bonds. The van der Waals surface area contributed by atoms with Gasteiger partial charge >= 0.3 is 0 Å². The van der Waals surface area contributed by atoms with E-state index in [2.05, 4.69) is 26.9 Å². The second-order valence-corrected chi connectivity index (χ2v) is 8.63. The lowest BCUT2D eigenvalue weighted by Gasteiger charge is -2.15. The van der Waals surface area contributed by atoms with Gasteiger partial charge in [0, 0.05) is 11.3 Å². The molecule has 1 aromatic heterocycles. The first-order chi connectivity index (χ1) is 15.0. The molecule has 31 heavy (non-hydrogen) atoms. The van der Waals surface area contributed by atoms with Crippen LogP contribution < -0.4 is 5.32 Å². The first kappa shape index (κ1) is 20.8. The summed E-state index contributed by atoms with van der Waals surface area (Å²) < 4.78 is 1.68. The van der Waals surface area contributed by atoms with Crippen LogP contribution in [0.1, 0.15) is 18.1 Å². The lowest BCUT2D eigenvalue weighted by atomic mass is 10.0. The Kier molecular flexibility index (Phi) is 6.13. The minimum Gasteiger partial charge on any atom is -0.325 e. The summed E-state index contributed by atoms with van der Waals surface area (Å²) in [5.41, 5.74) is 5.96. The number of benzene rings is 3. The molecule has 0 radical (unpaired) electrons. The molecule has 0 aliphatic heterocycles. The Morgan fingerprint density at radius 3 is 2.52 bits per heavy atom. The van der Waals surface area contributed by atoms with Crippen molar-refractivity contribution in [3.63, 3.8) is 0 Å². The monoisotopic (exact) mass is 429 g/mol. The maximum absolute atomic E-state index is 13.0. The van der Waals surface area contributed by atoms with Crippen molar-refractivity contribution in [1.29, 1.82) is 0 Å². The third-order valence-electron chi connectivity index (χ3n) is 4.94. The Labute approximate surface area is 185 Å². The molecular weight excluding hydrogens is 406 g/mol. The molecule has 0 unspecified atom stereocenters. The number of nitrogens with zero attached hydrogens (tertiary/aromatic N) is 4. The van der Waals surface area contributed by atoms with Crippen LogP contribution in [0.5, 0.6) is 0 Å². The first-order valence-corrected chi connectivity index (χ1v) is 10.9. The van der Waals surface area contributed by atoms with Gasteiger partial charge in [-0.3, -0.25) is 4.79 Å². The fourth-order valence-electron chi connectivity index (χ4n) is 3.35. The summed E-state index contributed by atoms with van der Waals surface area (Å²) in [5.74, 6) is -0.108. The van der Waals surface area contributed by atoms with Crippen molar-refractivity contribution in [2.24, 2.45) is 0 Å². The fraction of sp³-hybridized carbons (Fsp3) is 0.167. The van der Waals surface area contributed by atoms with E-state index in [1.54, 1.807) is 4.68 Å². The van der Waals surface area contributed by atoms with E-state index >= 15 is 0 Å². The predicted octanol–water partition coefficient (Wildman–Crippen LogP) is 5.07. The number of rotatable bonds is 6. The smallest absolute Gasteiger partial charge is 0.237 e. The zero-order valence-corrected chi connectivity index (χ0v) is 18.4. The van der Waals surface area contributed by atoms with Crippen LogP contribution in [0, 0.1) is 13.8 Å². The van der Waals surface area contributed by atoms with Gasteiger partial charge in [0.2, 0.25) is 11.1 Å². The van der Waals surface area contributed by atoms with Crippen molar-refractivity contribution >= 4 is 23.4 Å². The molecule has 0 saturated heterocycles. The topological polar surface area (TPSA) is 72.7 Å². The van der Waals surface area contributed by atoms with Crippen LogP contribution in [0.4, 0.5) is 5.69 Å². The molecule has 0 fully saturated rings. The Hall–Kier alpha value is -3.45. The highest BCUT2D eigenvalue weighted by molar-refractivity contribution is 8.00. The molecule has 1 N–H and O–H groups in total. The third kappa shape index (κ3) is 4.67. The van der Waals surface area contributed by atoms with E-state index < -0.39 is 0 Å². The Bertz CT molecular complexity index is 1210. The van der Waals surface area contributed by atoms with Gasteiger partial charge in [0.25, 0.3) is 0 Å². The fourth-order valence-corrected chi connectivity index (χ4v) is 4.15. The van der Waals surface area contributed by atoms with Crippen molar-refractivity contribution in [3.05, 3.63) is 83.9 Å². The minimum atomic E-state index is -0.390. The number of tetrazole rings is 1. The van der Waals surface area contributed by atoms with Gasteiger partial charge in [-0.2, -0.15) is 4.68 Å². The number of aryl methyl sites for hydroxylation is 2. The molecule has 7 heteroatoms.